The van der Waals surface area contributed by atoms with Gasteiger partial charge in [0, 0.05) is 27.7 Å². The summed E-state index contributed by atoms with van der Waals surface area (Å²) in [5.41, 5.74) is 0.131. The quantitative estimate of drug-likeness (QED) is 0.290. The molecule has 1 amide bonds. The molecule has 0 aliphatic carbocycles. The summed E-state index contributed by atoms with van der Waals surface area (Å²) in [6, 6.07) is -1.16. The number of aliphatic hydroxyl groups excluding tert-OH is 2. The largest absolute Gasteiger partial charge is 0.463 e. The first-order valence-electron chi connectivity index (χ1n) is 9.64. The predicted molar refractivity (Wildman–Crippen MR) is 101 cm³/mol. The second-order valence-corrected chi connectivity index (χ2v) is 6.99. The average Bonchev–Trinajstić information content (AvgIpc) is 3.11. The van der Waals surface area contributed by atoms with E-state index in [1.165, 1.54) is 13.8 Å². The van der Waals surface area contributed by atoms with Crippen molar-refractivity contribution >= 4 is 23.8 Å². The van der Waals surface area contributed by atoms with Gasteiger partial charge in [0.2, 0.25) is 5.91 Å². The Labute approximate surface area is 182 Å². The van der Waals surface area contributed by atoms with Gasteiger partial charge in [0.05, 0.1) is 18.9 Å². The molecule has 0 bridgehead atoms. The number of nitrogens with zero attached hydrogens (tertiary/aromatic N) is 3. The summed E-state index contributed by atoms with van der Waals surface area (Å²) in [6.45, 7) is 3.12. The fourth-order valence-electron chi connectivity index (χ4n) is 3.35. The van der Waals surface area contributed by atoms with Gasteiger partial charge in [0.25, 0.3) is 0 Å². The van der Waals surface area contributed by atoms with Gasteiger partial charge >= 0.3 is 17.9 Å². The molecule has 3 N–H and O–H groups in total. The van der Waals surface area contributed by atoms with E-state index in [2.05, 4.69) is 15.6 Å². The Morgan fingerprint density at radius 2 is 1.62 bits per heavy atom. The molecule has 0 unspecified atom stereocenters. The third kappa shape index (κ3) is 5.99. The molecule has 2 heterocycles. The highest BCUT2D eigenvalue weighted by molar-refractivity contribution is 5.73. The molecule has 0 spiro atoms. The molecule has 1 saturated heterocycles. The first-order chi connectivity index (χ1) is 15.1. The Balaban J connectivity index is 2.60. The van der Waals surface area contributed by atoms with Crippen molar-refractivity contribution in [3.63, 3.8) is 0 Å². The summed E-state index contributed by atoms with van der Waals surface area (Å²) in [5.74, 6) is -2.65. The molecule has 14 nitrogen and oxygen atoms in total. The van der Waals surface area contributed by atoms with E-state index in [1.54, 1.807) is 0 Å². The maximum Gasteiger partial charge on any atom is 0.303 e. The standard InChI is InChI=1S/C18H26N4O10/c1-8(25)19-15-17(31-11(4)28)16(30-10(3)27)14(7-29-9(2)26)32-18(15)22-13(6-24)12(5-23)20-21-22/h14-18,23-24H,5-7H2,1-4H3,(H,19,25)/t14-,15-,16-,17-,18-/m1/s1. The van der Waals surface area contributed by atoms with E-state index in [-0.39, 0.29) is 18.0 Å². The van der Waals surface area contributed by atoms with Crippen LogP contribution in [0.5, 0.6) is 0 Å². The first-order valence-corrected chi connectivity index (χ1v) is 9.64. The zero-order chi connectivity index (χ0) is 24.0. The molecule has 2 rings (SSSR count). The van der Waals surface area contributed by atoms with Crippen molar-refractivity contribution in [3.05, 3.63) is 11.4 Å². The summed E-state index contributed by atoms with van der Waals surface area (Å²) < 4.78 is 22.8. The lowest BCUT2D eigenvalue weighted by atomic mass is 9.95. The second-order valence-electron chi connectivity index (χ2n) is 6.99. The van der Waals surface area contributed by atoms with Crippen LogP contribution in [0.4, 0.5) is 0 Å². The van der Waals surface area contributed by atoms with Crippen LogP contribution in [0.2, 0.25) is 0 Å². The maximum absolute atomic E-state index is 11.9. The summed E-state index contributed by atoms with van der Waals surface area (Å²) in [5, 5.41) is 29.5. The monoisotopic (exact) mass is 458 g/mol. The molecule has 14 heteroatoms. The number of aromatic nitrogens is 3. The topological polar surface area (TPSA) is 188 Å². The normalized spacial score (nSPS) is 25.0. The zero-order valence-electron chi connectivity index (χ0n) is 18.0. The van der Waals surface area contributed by atoms with E-state index in [4.69, 9.17) is 18.9 Å². The average molecular weight is 458 g/mol. The van der Waals surface area contributed by atoms with Crippen LogP contribution >= 0.6 is 0 Å². The molecule has 1 fully saturated rings. The van der Waals surface area contributed by atoms with Gasteiger partial charge in [-0.15, -0.1) is 5.10 Å². The molecule has 32 heavy (non-hydrogen) atoms. The highest BCUT2D eigenvalue weighted by Gasteiger charge is 2.52. The predicted octanol–water partition coefficient (Wildman–Crippen LogP) is -1.91. The lowest BCUT2D eigenvalue weighted by Gasteiger charge is -2.45. The van der Waals surface area contributed by atoms with E-state index >= 15 is 0 Å². The van der Waals surface area contributed by atoms with Gasteiger partial charge in [-0.3, -0.25) is 19.2 Å². The van der Waals surface area contributed by atoms with Gasteiger partial charge in [-0.05, 0) is 0 Å². The van der Waals surface area contributed by atoms with Crippen LogP contribution in [-0.2, 0) is 51.3 Å². The number of nitrogens with one attached hydrogen (secondary N) is 1. The number of carbonyl (C=O) groups excluding carboxylic acids is 4. The number of esters is 3. The van der Waals surface area contributed by atoms with Crippen LogP contribution in [0.3, 0.4) is 0 Å². The fourth-order valence-corrected chi connectivity index (χ4v) is 3.35. The molecule has 1 aromatic heterocycles. The van der Waals surface area contributed by atoms with Gasteiger partial charge in [0.15, 0.2) is 18.4 Å². The van der Waals surface area contributed by atoms with Crippen molar-refractivity contribution in [2.45, 2.75) is 71.5 Å². The van der Waals surface area contributed by atoms with Crippen LogP contribution in [0.25, 0.3) is 0 Å². The molecule has 0 saturated carbocycles. The van der Waals surface area contributed by atoms with Crippen molar-refractivity contribution < 1.29 is 48.3 Å². The van der Waals surface area contributed by atoms with Crippen LogP contribution in [0, 0.1) is 0 Å². The Morgan fingerprint density at radius 3 is 2.12 bits per heavy atom. The number of amides is 1. The summed E-state index contributed by atoms with van der Waals surface area (Å²) >= 11 is 0. The minimum atomic E-state index is -1.28. The van der Waals surface area contributed by atoms with E-state index in [9.17, 15) is 29.4 Å². The molecule has 1 aliphatic rings. The highest BCUT2D eigenvalue weighted by atomic mass is 16.6. The van der Waals surface area contributed by atoms with Gasteiger partial charge in [-0.25, -0.2) is 4.68 Å². The molecule has 0 radical (unpaired) electrons. The third-order valence-electron chi connectivity index (χ3n) is 4.50. The van der Waals surface area contributed by atoms with Crippen LogP contribution in [0.1, 0.15) is 45.3 Å². The van der Waals surface area contributed by atoms with Crippen molar-refractivity contribution in [1.82, 2.24) is 20.3 Å². The smallest absolute Gasteiger partial charge is 0.303 e. The third-order valence-corrected chi connectivity index (χ3v) is 4.50. The number of aliphatic hydroxyl groups is 2. The molecular formula is C18H26N4O10. The second kappa shape index (κ2) is 11.0. The summed E-state index contributed by atoms with van der Waals surface area (Å²) in [6.07, 6.45) is -4.93. The minimum Gasteiger partial charge on any atom is -0.463 e. The van der Waals surface area contributed by atoms with E-state index in [0.717, 1.165) is 18.5 Å². The van der Waals surface area contributed by atoms with Crippen molar-refractivity contribution in [2.24, 2.45) is 0 Å². The highest BCUT2D eigenvalue weighted by Crippen LogP contribution is 2.33. The molecule has 178 valence electrons. The van der Waals surface area contributed by atoms with Crippen LogP contribution < -0.4 is 5.32 Å². The Hall–Kier alpha value is -3.10. The molecular weight excluding hydrogens is 432 g/mol. The number of ether oxygens (including phenoxy) is 4. The number of carbonyl (C=O) groups is 4. The fraction of sp³-hybridized carbons (Fsp3) is 0.667. The Morgan fingerprint density at radius 1 is 1.00 bits per heavy atom. The van der Waals surface area contributed by atoms with E-state index in [1.807, 2.05) is 0 Å². The lowest BCUT2D eigenvalue weighted by Crippen LogP contribution is -2.64. The van der Waals surface area contributed by atoms with Gasteiger partial charge < -0.3 is 34.5 Å². The SMILES string of the molecule is CC(=O)N[C@@H]1[C@@H](OC(C)=O)[C@H](OC(C)=O)[C@@H](COC(C)=O)O[C@H]1n1nnc(CO)c1CO. The Kier molecular flexibility index (Phi) is 8.63. The van der Waals surface area contributed by atoms with Crippen molar-refractivity contribution in [2.75, 3.05) is 6.61 Å². The zero-order valence-corrected chi connectivity index (χ0v) is 18.0. The lowest BCUT2D eigenvalue weighted by molar-refractivity contribution is -0.239. The van der Waals surface area contributed by atoms with Crippen LogP contribution in [-0.4, -0.2) is 80.0 Å². The van der Waals surface area contributed by atoms with Gasteiger partial charge in [-0.1, -0.05) is 5.21 Å². The summed E-state index contributed by atoms with van der Waals surface area (Å²) in [4.78, 5) is 46.9. The Bertz CT molecular complexity index is 857. The minimum absolute atomic E-state index is 0.0559. The van der Waals surface area contributed by atoms with Gasteiger partial charge in [0.1, 0.15) is 24.4 Å². The van der Waals surface area contributed by atoms with Crippen LogP contribution in [0.15, 0.2) is 0 Å². The van der Waals surface area contributed by atoms with Crippen molar-refractivity contribution in [1.29, 1.82) is 0 Å². The first kappa shape index (κ1) is 25.2. The molecule has 5 atom stereocenters. The number of hydrogen-bond acceptors (Lipinski definition) is 12. The maximum atomic E-state index is 11.9. The van der Waals surface area contributed by atoms with Crippen molar-refractivity contribution in [3.8, 4) is 0 Å². The number of hydrogen-bond donors (Lipinski definition) is 3. The molecule has 1 aromatic rings. The van der Waals surface area contributed by atoms with E-state index < -0.39 is 67.6 Å². The summed E-state index contributed by atoms with van der Waals surface area (Å²) in [7, 11) is 0. The molecule has 1 aliphatic heterocycles. The van der Waals surface area contributed by atoms with E-state index in [0.29, 0.717) is 0 Å². The van der Waals surface area contributed by atoms with Gasteiger partial charge in [-0.2, -0.15) is 0 Å². The number of rotatable bonds is 8. The molecule has 0 aromatic carbocycles.